The fourth-order valence-corrected chi connectivity index (χ4v) is 1.79. The molecule has 1 amide bonds. The van der Waals surface area contributed by atoms with Crippen LogP contribution < -0.4 is 5.32 Å². The largest absolute Gasteiger partial charge is 0.467 e. The second kappa shape index (κ2) is 5.47. The van der Waals surface area contributed by atoms with Crippen LogP contribution in [0.3, 0.4) is 0 Å². The molecule has 1 atom stereocenters. The molecule has 0 unspecified atom stereocenters. The first kappa shape index (κ1) is 15.3. The minimum Gasteiger partial charge on any atom is -0.467 e. The zero-order valence-corrected chi connectivity index (χ0v) is 12.1. The molecule has 0 heterocycles. The minimum absolute atomic E-state index is 0.520. The van der Waals surface area contributed by atoms with Gasteiger partial charge in [0.05, 0.1) is 7.11 Å². The molecule has 0 aliphatic heterocycles. The van der Waals surface area contributed by atoms with E-state index < -0.39 is 23.2 Å². The molecular weight excluding hydrogens is 246 g/mol. The zero-order valence-electron chi connectivity index (χ0n) is 12.1. The van der Waals surface area contributed by atoms with E-state index in [9.17, 15) is 9.59 Å². The van der Waals surface area contributed by atoms with Crippen LogP contribution >= 0.6 is 0 Å². The Morgan fingerprint density at radius 3 is 2.32 bits per heavy atom. The fraction of sp³-hybridized carbons (Fsp3) is 0.571. The number of carbonyl (C=O) groups is 2. The van der Waals surface area contributed by atoms with E-state index in [-0.39, 0.29) is 0 Å². The molecule has 19 heavy (non-hydrogen) atoms. The van der Waals surface area contributed by atoms with Crippen molar-refractivity contribution < 1.29 is 19.1 Å². The first-order valence-corrected chi connectivity index (χ1v) is 6.15. The predicted molar refractivity (Wildman–Crippen MR) is 71.6 cm³/mol. The molecule has 1 aliphatic carbocycles. The average molecular weight is 267 g/mol. The molecule has 1 rings (SSSR count). The van der Waals surface area contributed by atoms with Crippen LogP contribution in [-0.2, 0) is 14.3 Å². The quantitative estimate of drug-likeness (QED) is 0.797. The normalized spacial score (nSPS) is 17.4. The third-order valence-corrected chi connectivity index (χ3v) is 2.76. The van der Waals surface area contributed by atoms with Crippen LogP contribution in [0.15, 0.2) is 23.8 Å². The van der Waals surface area contributed by atoms with Crippen molar-refractivity contribution in [2.24, 2.45) is 0 Å². The van der Waals surface area contributed by atoms with Crippen LogP contribution in [0.25, 0.3) is 0 Å². The summed E-state index contributed by atoms with van der Waals surface area (Å²) in [4.78, 5) is 23.8. The fourth-order valence-electron chi connectivity index (χ4n) is 1.79. The van der Waals surface area contributed by atoms with Crippen LogP contribution in [0.5, 0.6) is 0 Å². The average Bonchev–Trinajstić information content (AvgIpc) is 2.78. The Hall–Kier alpha value is -1.78. The molecule has 0 spiro atoms. The molecule has 0 radical (unpaired) electrons. The van der Waals surface area contributed by atoms with Gasteiger partial charge in [-0.1, -0.05) is 18.2 Å². The molecule has 1 aliphatic rings. The van der Waals surface area contributed by atoms with Gasteiger partial charge in [0.25, 0.3) is 0 Å². The second-order valence-electron chi connectivity index (χ2n) is 5.57. The molecule has 0 aromatic rings. The molecule has 0 saturated heterocycles. The number of amides is 1. The molecule has 0 aromatic carbocycles. The molecule has 0 aromatic heterocycles. The highest BCUT2D eigenvalue weighted by molar-refractivity contribution is 5.89. The first-order chi connectivity index (χ1) is 8.69. The Morgan fingerprint density at radius 1 is 1.26 bits per heavy atom. The lowest BCUT2D eigenvalue weighted by atomic mass is 9.91. The van der Waals surface area contributed by atoms with Crippen LogP contribution in [0, 0.1) is 0 Å². The Labute approximate surface area is 113 Å². The zero-order chi connectivity index (χ0) is 14.7. The van der Waals surface area contributed by atoms with Crippen molar-refractivity contribution in [1.29, 1.82) is 0 Å². The summed E-state index contributed by atoms with van der Waals surface area (Å²) in [6.45, 7) is 6.90. The summed E-state index contributed by atoms with van der Waals surface area (Å²) in [5, 5.41) is 2.60. The number of hydrogen-bond acceptors (Lipinski definition) is 4. The number of carbonyl (C=O) groups excluding carboxylic acids is 2. The van der Waals surface area contributed by atoms with E-state index in [1.807, 2.05) is 12.2 Å². The lowest BCUT2D eigenvalue weighted by Gasteiger charge is -2.30. The first-order valence-electron chi connectivity index (χ1n) is 6.15. The van der Waals surface area contributed by atoms with Crippen molar-refractivity contribution in [2.75, 3.05) is 7.11 Å². The second-order valence-corrected chi connectivity index (χ2v) is 5.57. The monoisotopic (exact) mass is 267 g/mol. The van der Waals surface area contributed by atoms with Gasteiger partial charge in [0, 0.05) is 0 Å². The van der Waals surface area contributed by atoms with E-state index in [0.717, 1.165) is 5.57 Å². The van der Waals surface area contributed by atoms with Gasteiger partial charge in [0.15, 0.2) is 5.54 Å². The molecule has 5 heteroatoms. The van der Waals surface area contributed by atoms with Gasteiger partial charge < -0.3 is 14.8 Å². The highest BCUT2D eigenvalue weighted by Gasteiger charge is 2.41. The lowest BCUT2D eigenvalue weighted by molar-refractivity contribution is -0.146. The SMILES string of the molecule is COC(=O)[C@](C)(NC(=O)OC(C)(C)C)C1=CC=CC1. The Kier molecular flexibility index (Phi) is 4.39. The predicted octanol–water partition coefficient (Wildman–Crippen LogP) is 2.33. The number of allylic oxidation sites excluding steroid dienone is 3. The maximum absolute atomic E-state index is 12.0. The number of alkyl carbamates (subject to hydrolysis) is 1. The summed E-state index contributed by atoms with van der Waals surface area (Å²) in [5.74, 6) is -0.520. The molecular formula is C14H21NO4. The molecule has 0 bridgehead atoms. The summed E-state index contributed by atoms with van der Waals surface area (Å²) in [6.07, 6.45) is 5.50. The van der Waals surface area contributed by atoms with Crippen molar-refractivity contribution in [2.45, 2.75) is 45.3 Å². The number of methoxy groups -OCH3 is 1. The summed E-state index contributed by atoms with van der Waals surface area (Å²) in [5.41, 5.74) is -1.06. The lowest BCUT2D eigenvalue weighted by Crippen LogP contribution is -2.55. The van der Waals surface area contributed by atoms with Crippen molar-refractivity contribution in [1.82, 2.24) is 5.32 Å². The number of nitrogens with one attached hydrogen (secondary N) is 1. The van der Waals surface area contributed by atoms with Gasteiger partial charge in [0.1, 0.15) is 5.60 Å². The summed E-state index contributed by atoms with van der Waals surface area (Å²) in [6, 6.07) is 0. The molecule has 0 fully saturated rings. The van der Waals surface area contributed by atoms with Gasteiger partial charge in [-0.3, -0.25) is 0 Å². The van der Waals surface area contributed by atoms with Gasteiger partial charge in [0.2, 0.25) is 0 Å². The summed E-state index contributed by atoms with van der Waals surface area (Å²) >= 11 is 0. The molecule has 1 N–H and O–H groups in total. The van der Waals surface area contributed by atoms with E-state index in [4.69, 9.17) is 9.47 Å². The van der Waals surface area contributed by atoms with Crippen LogP contribution in [-0.4, -0.2) is 30.3 Å². The van der Waals surface area contributed by atoms with Crippen LogP contribution in [0.4, 0.5) is 4.79 Å². The summed E-state index contributed by atoms with van der Waals surface area (Å²) < 4.78 is 9.96. The Balaban J connectivity index is 2.87. The highest BCUT2D eigenvalue weighted by atomic mass is 16.6. The number of esters is 1. The van der Waals surface area contributed by atoms with E-state index in [1.165, 1.54) is 7.11 Å². The van der Waals surface area contributed by atoms with Crippen molar-refractivity contribution in [3.05, 3.63) is 23.8 Å². The minimum atomic E-state index is -1.21. The van der Waals surface area contributed by atoms with Gasteiger partial charge in [-0.25, -0.2) is 9.59 Å². The standard InChI is InChI=1S/C14H21NO4/c1-13(2,3)19-12(17)15-14(4,11(16)18-5)10-8-6-7-9-10/h6-8H,9H2,1-5H3,(H,15,17)/t14-/m1/s1. The van der Waals surface area contributed by atoms with E-state index in [2.05, 4.69) is 5.32 Å². The smallest absolute Gasteiger partial charge is 0.408 e. The van der Waals surface area contributed by atoms with Gasteiger partial charge in [-0.05, 0) is 39.7 Å². The van der Waals surface area contributed by atoms with Crippen LogP contribution in [0.1, 0.15) is 34.1 Å². The third kappa shape index (κ3) is 3.84. The van der Waals surface area contributed by atoms with Crippen molar-refractivity contribution in [3.8, 4) is 0 Å². The van der Waals surface area contributed by atoms with E-state index in [0.29, 0.717) is 6.42 Å². The number of ether oxygens (including phenoxy) is 2. The topological polar surface area (TPSA) is 64.6 Å². The van der Waals surface area contributed by atoms with Crippen molar-refractivity contribution in [3.63, 3.8) is 0 Å². The van der Waals surface area contributed by atoms with Gasteiger partial charge in [-0.15, -0.1) is 0 Å². The summed E-state index contributed by atoms with van der Waals surface area (Å²) in [7, 11) is 1.29. The maximum atomic E-state index is 12.0. The molecule has 5 nitrogen and oxygen atoms in total. The molecule has 106 valence electrons. The third-order valence-electron chi connectivity index (χ3n) is 2.76. The Bertz CT molecular complexity index is 431. The number of rotatable bonds is 3. The maximum Gasteiger partial charge on any atom is 0.408 e. The highest BCUT2D eigenvalue weighted by Crippen LogP contribution is 2.26. The van der Waals surface area contributed by atoms with Gasteiger partial charge in [-0.2, -0.15) is 0 Å². The van der Waals surface area contributed by atoms with Gasteiger partial charge >= 0.3 is 12.1 Å². The Morgan fingerprint density at radius 2 is 1.89 bits per heavy atom. The number of hydrogen-bond donors (Lipinski definition) is 1. The van der Waals surface area contributed by atoms with Crippen LogP contribution in [0.2, 0.25) is 0 Å². The van der Waals surface area contributed by atoms with E-state index >= 15 is 0 Å². The van der Waals surface area contributed by atoms with E-state index in [1.54, 1.807) is 33.8 Å². The molecule has 0 saturated carbocycles. The van der Waals surface area contributed by atoms with Crippen molar-refractivity contribution >= 4 is 12.1 Å².